The summed E-state index contributed by atoms with van der Waals surface area (Å²) in [5.41, 5.74) is 1.92. The van der Waals surface area contributed by atoms with Crippen LogP contribution in [-0.2, 0) is 16.0 Å². The number of nitrogens with zero attached hydrogens (tertiary/aromatic N) is 2. The molecule has 0 saturated carbocycles. The highest BCUT2D eigenvalue weighted by molar-refractivity contribution is 5.76. The summed E-state index contributed by atoms with van der Waals surface area (Å²) in [7, 11) is 0. The Balaban J connectivity index is 1.71. The fourth-order valence-electron chi connectivity index (χ4n) is 2.66. The first-order valence-electron chi connectivity index (χ1n) is 7.57. The number of nitrogens with one attached hydrogen (secondary N) is 1. The van der Waals surface area contributed by atoms with Gasteiger partial charge in [-0.1, -0.05) is 5.16 Å². The zero-order valence-electron chi connectivity index (χ0n) is 13.1. The predicted octanol–water partition coefficient (Wildman–Crippen LogP) is 1.06. The molecular weight excluding hydrogens is 270 g/mol. The second kappa shape index (κ2) is 7.56. The summed E-state index contributed by atoms with van der Waals surface area (Å²) < 4.78 is 10.4. The van der Waals surface area contributed by atoms with Gasteiger partial charge in [0.15, 0.2) is 0 Å². The summed E-state index contributed by atoms with van der Waals surface area (Å²) in [5, 5.41) is 6.96. The fourth-order valence-corrected chi connectivity index (χ4v) is 2.66. The Morgan fingerprint density at radius 1 is 1.38 bits per heavy atom. The van der Waals surface area contributed by atoms with Gasteiger partial charge in [-0.25, -0.2) is 0 Å². The molecule has 2 rings (SSSR count). The first kappa shape index (κ1) is 16.0. The Morgan fingerprint density at radius 2 is 2.10 bits per heavy atom. The topological polar surface area (TPSA) is 67.6 Å². The van der Waals surface area contributed by atoms with Crippen LogP contribution in [-0.4, -0.2) is 54.9 Å². The van der Waals surface area contributed by atoms with Crippen molar-refractivity contribution in [1.82, 2.24) is 15.4 Å². The van der Waals surface area contributed by atoms with Crippen LogP contribution in [0.1, 0.15) is 30.4 Å². The number of hydrogen-bond donors (Lipinski definition) is 1. The summed E-state index contributed by atoms with van der Waals surface area (Å²) in [6, 6.07) is 0.153. The number of aromatic nitrogens is 1. The molecule has 1 aliphatic heterocycles. The van der Waals surface area contributed by atoms with Crippen LogP contribution in [0.3, 0.4) is 0 Å². The minimum atomic E-state index is 0.0794. The maximum atomic E-state index is 12.0. The summed E-state index contributed by atoms with van der Waals surface area (Å²) in [6.07, 6.45) is 1.15. The van der Waals surface area contributed by atoms with Crippen LogP contribution in [0.4, 0.5) is 0 Å². The molecule has 6 nitrogen and oxygen atoms in total. The van der Waals surface area contributed by atoms with E-state index >= 15 is 0 Å². The third kappa shape index (κ3) is 4.82. The van der Waals surface area contributed by atoms with E-state index < -0.39 is 0 Å². The molecule has 1 aromatic heterocycles. The van der Waals surface area contributed by atoms with Crippen molar-refractivity contribution in [3.05, 3.63) is 17.0 Å². The molecule has 2 heterocycles. The van der Waals surface area contributed by atoms with E-state index in [-0.39, 0.29) is 11.9 Å². The van der Waals surface area contributed by atoms with Crippen molar-refractivity contribution in [2.45, 2.75) is 39.7 Å². The van der Waals surface area contributed by atoms with Crippen molar-refractivity contribution in [3.8, 4) is 0 Å². The lowest BCUT2D eigenvalue weighted by Crippen LogP contribution is -2.46. The van der Waals surface area contributed by atoms with Gasteiger partial charge in [-0.3, -0.25) is 9.69 Å². The zero-order chi connectivity index (χ0) is 15.2. The van der Waals surface area contributed by atoms with Crippen LogP contribution in [0, 0.1) is 13.8 Å². The second-order valence-corrected chi connectivity index (χ2v) is 5.68. The highest BCUT2D eigenvalue weighted by Crippen LogP contribution is 2.14. The molecule has 1 fully saturated rings. The molecule has 0 aromatic carbocycles. The van der Waals surface area contributed by atoms with E-state index in [0.717, 1.165) is 49.9 Å². The molecule has 0 aliphatic carbocycles. The van der Waals surface area contributed by atoms with E-state index in [2.05, 4.69) is 15.4 Å². The molecule has 1 unspecified atom stereocenters. The van der Waals surface area contributed by atoms with Crippen molar-refractivity contribution in [2.24, 2.45) is 0 Å². The smallest absolute Gasteiger partial charge is 0.220 e. The van der Waals surface area contributed by atoms with E-state index in [1.54, 1.807) is 0 Å². The monoisotopic (exact) mass is 295 g/mol. The number of aryl methyl sites for hydroxylation is 2. The Hall–Kier alpha value is -1.40. The Bertz CT molecular complexity index is 447. The van der Waals surface area contributed by atoms with Gasteiger partial charge in [0.1, 0.15) is 5.76 Å². The maximum Gasteiger partial charge on any atom is 0.220 e. The quantitative estimate of drug-likeness (QED) is 0.850. The number of rotatable bonds is 6. The van der Waals surface area contributed by atoms with Crippen LogP contribution in [0.2, 0.25) is 0 Å². The largest absolute Gasteiger partial charge is 0.379 e. The Morgan fingerprint density at radius 3 is 2.71 bits per heavy atom. The number of carbonyl (C=O) groups excluding carboxylic acids is 1. The molecule has 0 bridgehead atoms. The molecule has 6 heteroatoms. The highest BCUT2D eigenvalue weighted by atomic mass is 16.5. The highest BCUT2D eigenvalue weighted by Gasteiger charge is 2.16. The van der Waals surface area contributed by atoms with Crippen LogP contribution in [0.15, 0.2) is 4.52 Å². The van der Waals surface area contributed by atoms with E-state index in [9.17, 15) is 4.79 Å². The number of hydrogen-bond acceptors (Lipinski definition) is 5. The van der Waals surface area contributed by atoms with Crippen molar-refractivity contribution >= 4 is 5.91 Å². The molecule has 1 saturated heterocycles. The van der Waals surface area contributed by atoms with E-state index in [0.29, 0.717) is 12.8 Å². The lowest BCUT2D eigenvalue weighted by atomic mass is 10.1. The van der Waals surface area contributed by atoms with Crippen LogP contribution < -0.4 is 5.32 Å². The van der Waals surface area contributed by atoms with Crippen LogP contribution in [0.25, 0.3) is 0 Å². The van der Waals surface area contributed by atoms with Crippen LogP contribution in [0.5, 0.6) is 0 Å². The SMILES string of the molecule is Cc1noc(C)c1CCC(=O)NC(C)CN1CCOCC1. The normalized spacial score (nSPS) is 17.7. The van der Waals surface area contributed by atoms with Gasteiger partial charge in [0.2, 0.25) is 5.91 Å². The lowest BCUT2D eigenvalue weighted by Gasteiger charge is -2.29. The molecule has 1 atom stereocenters. The molecule has 0 spiro atoms. The minimum absolute atomic E-state index is 0.0794. The van der Waals surface area contributed by atoms with Crippen molar-refractivity contribution in [1.29, 1.82) is 0 Å². The maximum absolute atomic E-state index is 12.0. The lowest BCUT2D eigenvalue weighted by molar-refractivity contribution is -0.121. The standard InChI is InChI=1S/C15H25N3O3/c1-11(10-18-6-8-20-9-7-18)16-15(19)5-4-14-12(2)17-21-13(14)3/h11H,4-10H2,1-3H3,(H,16,19). The molecule has 1 amide bonds. The van der Waals surface area contributed by atoms with Crippen molar-refractivity contribution in [2.75, 3.05) is 32.8 Å². The first-order valence-corrected chi connectivity index (χ1v) is 7.57. The number of ether oxygens (including phenoxy) is 1. The van der Waals surface area contributed by atoms with Gasteiger partial charge >= 0.3 is 0 Å². The van der Waals surface area contributed by atoms with Gasteiger partial charge in [0, 0.05) is 37.7 Å². The molecule has 21 heavy (non-hydrogen) atoms. The fraction of sp³-hybridized carbons (Fsp3) is 0.733. The number of amides is 1. The predicted molar refractivity (Wildman–Crippen MR) is 79.2 cm³/mol. The average Bonchev–Trinajstić information content (AvgIpc) is 2.77. The van der Waals surface area contributed by atoms with Gasteiger partial charge in [0.25, 0.3) is 0 Å². The molecular formula is C15H25N3O3. The first-order chi connectivity index (χ1) is 10.1. The molecule has 118 valence electrons. The van der Waals surface area contributed by atoms with Crippen molar-refractivity contribution in [3.63, 3.8) is 0 Å². The molecule has 1 N–H and O–H groups in total. The van der Waals surface area contributed by atoms with Gasteiger partial charge in [-0.05, 0) is 27.2 Å². The number of morpholine rings is 1. The third-order valence-corrected chi connectivity index (χ3v) is 3.83. The van der Waals surface area contributed by atoms with Gasteiger partial charge in [-0.15, -0.1) is 0 Å². The molecule has 0 radical (unpaired) electrons. The van der Waals surface area contributed by atoms with Crippen LogP contribution >= 0.6 is 0 Å². The Labute approximate surface area is 125 Å². The third-order valence-electron chi connectivity index (χ3n) is 3.83. The van der Waals surface area contributed by atoms with Gasteiger partial charge in [-0.2, -0.15) is 0 Å². The molecule has 1 aromatic rings. The van der Waals surface area contributed by atoms with E-state index in [1.807, 2.05) is 20.8 Å². The summed E-state index contributed by atoms with van der Waals surface area (Å²) in [5.74, 6) is 0.887. The summed E-state index contributed by atoms with van der Waals surface area (Å²) in [6.45, 7) is 10.2. The Kier molecular flexibility index (Phi) is 5.76. The summed E-state index contributed by atoms with van der Waals surface area (Å²) >= 11 is 0. The van der Waals surface area contributed by atoms with E-state index in [4.69, 9.17) is 9.26 Å². The summed E-state index contributed by atoms with van der Waals surface area (Å²) in [4.78, 5) is 14.3. The van der Waals surface area contributed by atoms with Crippen molar-refractivity contribution < 1.29 is 14.1 Å². The number of carbonyl (C=O) groups is 1. The zero-order valence-corrected chi connectivity index (χ0v) is 13.1. The van der Waals surface area contributed by atoms with Gasteiger partial charge in [0.05, 0.1) is 18.9 Å². The minimum Gasteiger partial charge on any atom is -0.379 e. The second-order valence-electron chi connectivity index (χ2n) is 5.68. The van der Waals surface area contributed by atoms with E-state index in [1.165, 1.54) is 0 Å². The average molecular weight is 295 g/mol. The van der Waals surface area contributed by atoms with Gasteiger partial charge < -0.3 is 14.6 Å². The molecule has 1 aliphatic rings.